The lowest BCUT2D eigenvalue weighted by atomic mass is 10.0. The second kappa shape index (κ2) is 5.80. The van der Waals surface area contributed by atoms with Gasteiger partial charge in [-0.15, -0.1) is 22.7 Å². The average molecular weight is 401 g/mol. The minimum absolute atomic E-state index is 0.829. The molecule has 0 aliphatic carbocycles. The van der Waals surface area contributed by atoms with Crippen molar-refractivity contribution < 1.29 is 0 Å². The fourth-order valence-electron chi connectivity index (χ4n) is 3.87. The first-order valence-electron chi connectivity index (χ1n) is 8.80. The van der Waals surface area contributed by atoms with Crippen LogP contribution in [0.15, 0.2) is 78.9 Å². The fourth-order valence-corrected chi connectivity index (χ4v) is 6.40. The SMILES string of the molecule is Clc1cccc2sc3ccc(-c4ccc5sc6ccccc6c5c4)cc3c12. The van der Waals surface area contributed by atoms with E-state index in [1.807, 2.05) is 23.5 Å². The number of rotatable bonds is 1. The van der Waals surface area contributed by atoms with Crippen molar-refractivity contribution in [2.75, 3.05) is 0 Å². The van der Waals surface area contributed by atoms with Gasteiger partial charge in [0.2, 0.25) is 0 Å². The van der Waals surface area contributed by atoms with Crippen molar-refractivity contribution in [3.8, 4) is 11.1 Å². The van der Waals surface area contributed by atoms with Crippen LogP contribution in [0.3, 0.4) is 0 Å². The molecule has 4 aromatic carbocycles. The molecule has 27 heavy (non-hydrogen) atoms. The Morgan fingerprint density at radius 3 is 2.00 bits per heavy atom. The van der Waals surface area contributed by atoms with Crippen LogP contribution in [0.1, 0.15) is 0 Å². The third kappa shape index (κ3) is 2.34. The smallest absolute Gasteiger partial charge is 0.0499 e. The molecule has 128 valence electrons. The molecule has 6 aromatic rings. The van der Waals surface area contributed by atoms with E-state index in [2.05, 4.69) is 66.7 Å². The zero-order valence-electron chi connectivity index (χ0n) is 14.2. The van der Waals surface area contributed by atoms with Crippen LogP contribution < -0.4 is 0 Å². The van der Waals surface area contributed by atoms with Gasteiger partial charge in [0, 0.05) is 45.4 Å². The molecule has 0 saturated carbocycles. The van der Waals surface area contributed by atoms with E-state index in [0.717, 1.165) is 5.02 Å². The first kappa shape index (κ1) is 15.6. The van der Waals surface area contributed by atoms with Gasteiger partial charge < -0.3 is 0 Å². The lowest BCUT2D eigenvalue weighted by molar-refractivity contribution is 1.72. The van der Waals surface area contributed by atoms with Gasteiger partial charge in [0.05, 0.1) is 0 Å². The zero-order chi connectivity index (χ0) is 18.0. The fraction of sp³-hybridized carbons (Fsp3) is 0. The molecule has 0 spiro atoms. The van der Waals surface area contributed by atoms with E-state index in [1.165, 1.54) is 51.5 Å². The summed E-state index contributed by atoms with van der Waals surface area (Å²) in [7, 11) is 0. The molecule has 0 aliphatic heterocycles. The summed E-state index contributed by atoms with van der Waals surface area (Å²) in [5, 5.41) is 5.91. The van der Waals surface area contributed by atoms with E-state index in [4.69, 9.17) is 11.6 Å². The second-order valence-corrected chi connectivity index (χ2v) is 9.31. The van der Waals surface area contributed by atoms with Gasteiger partial charge in [0.15, 0.2) is 0 Å². The van der Waals surface area contributed by atoms with Gasteiger partial charge in [-0.05, 0) is 53.6 Å². The van der Waals surface area contributed by atoms with Crippen molar-refractivity contribution >= 4 is 74.6 Å². The normalized spacial score (nSPS) is 11.9. The number of hydrogen-bond donors (Lipinski definition) is 0. The maximum Gasteiger partial charge on any atom is 0.0499 e. The highest BCUT2D eigenvalue weighted by Crippen LogP contribution is 2.41. The predicted molar refractivity (Wildman–Crippen MR) is 123 cm³/mol. The quantitative estimate of drug-likeness (QED) is 0.259. The van der Waals surface area contributed by atoms with Crippen molar-refractivity contribution in [1.29, 1.82) is 0 Å². The lowest BCUT2D eigenvalue weighted by Gasteiger charge is -2.04. The van der Waals surface area contributed by atoms with E-state index < -0.39 is 0 Å². The molecule has 0 N–H and O–H groups in total. The van der Waals surface area contributed by atoms with Crippen molar-refractivity contribution in [2.45, 2.75) is 0 Å². The summed E-state index contributed by atoms with van der Waals surface area (Å²) in [5.41, 5.74) is 2.48. The number of hydrogen-bond acceptors (Lipinski definition) is 2. The molecule has 0 atom stereocenters. The van der Waals surface area contributed by atoms with Crippen LogP contribution >= 0.6 is 34.3 Å². The standard InChI is InChI=1S/C24H13ClS2/c25-19-5-3-7-23-24(19)18-13-15(9-11-22(18)27-23)14-8-10-21-17(12-14)16-4-1-2-6-20(16)26-21/h1-13H. The lowest BCUT2D eigenvalue weighted by Crippen LogP contribution is -1.78. The third-order valence-corrected chi connectivity index (χ3v) is 7.76. The van der Waals surface area contributed by atoms with Crippen LogP contribution in [0, 0.1) is 0 Å². The Kier molecular flexibility index (Phi) is 3.36. The van der Waals surface area contributed by atoms with Crippen molar-refractivity contribution in [2.24, 2.45) is 0 Å². The van der Waals surface area contributed by atoms with Gasteiger partial charge in [-0.3, -0.25) is 0 Å². The molecule has 0 fully saturated rings. The van der Waals surface area contributed by atoms with E-state index in [1.54, 1.807) is 11.3 Å². The summed E-state index contributed by atoms with van der Waals surface area (Å²) in [6.07, 6.45) is 0. The van der Waals surface area contributed by atoms with Crippen molar-refractivity contribution in [1.82, 2.24) is 0 Å². The third-order valence-electron chi connectivity index (χ3n) is 5.15. The van der Waals surface area contributed by atoms with Crippen LogP contribution in [-0.2, 0) is 0 Å². The number of benzene rings is 4. The molecule has 2 heterocycles. The van der Waals surface area contributed by atoms with Gasteiger partial charge in [-0.1, -0.05) is 48.0 Å². The summed E-state index contributed by atoms with van der Waals surface area (Å²) in [4.78, 5) is 0. The number of halogens is 1. The molecule has 0 bridgehead atoms. The highest BCUT2D eigenvalue weighted by Gasteiger charge is 2.11. The molecule has 0 radical (unpaired) electrons. The van der Waals surface area contributed by atoms with Crippen LogP contribution in [0.2, 0.25) is 5.02 Å². The maximum atomic E-state index is 6.51. The Morgan fingerprint density at radius 2 is 1.15 bits per heavy atom. The van der Waals surface area contributed by atoms with Gasteiger partial charge >= 0.3 is 0 Å². The summed E-state index contributed by atoms with van der Waals surface area (Å²) >= 11 is 10.2. The first-order chi connectivity index (χ1) is 13.3. The van der Waals surface area contributed by atoms with Gasteiger partial charge in [-0.2, -0.15) is 0 Å². The van der Waals surface area contributed by atoms with Gasteiger partial charge in [0.1, 0.15) is 0 Å². The van der Waals surface area contributed by atoms with E-state index in [9.17, 15) is 0 Å². The minimum atomic E-state index is 0.829. The highest BCUT2D eigenvalue weighted by molar-refractivity contribution is 7.26. The Balaban J connectivity index is 1.62. The molecule has 2 aromatic heterocycles. The van der Waals surface area contributed by atoms with E-state index in [-0.39, 0.29) is 0 Å². The molecular weight excluding hydrogens is 388 g/mol. The molecular formula is C24H13ClS2. The molecule has 0 nitrogen and oxygen atoms in total. The minimum Gasteiger partial charge on any atom is -0.135 e. The van der Waals surface area contributed by atoms with Crippen molar-refractivity contribution in [3.05, 3.63) is 83.9 Å². The Labute approximate surface area is 169 Å². The molecule has 0 unspecified atom stereocenters. The van der Waals surface area contributed by atoms with Crippen LogP contribution in [0.25, 0.3) is 51.5 Å². The molecule has 0 amide bonds. The summed E-state index contributed by atoms with van der Waals surface area (Å²) in [6.45, 7) is 0. The summed E-state index contributed by atoms with van der Waals surface area (Å²) in [5.74, 6) is 0. The van der Waals surface area contributed by atoms with Crippen LogP contribution in [0.4, 0.5) is 0 Å². The molecule has 6 rings (SSSR count). The number of thiophene rings is 2. The highest BCUT2D eigenvalue weighted by atomic mass is 35.5. The molecule has 0 saturated heterocycles. The molecule has 0 aliphatic rings. The van der Waals surface area contributed by atoms with Crippen molar-refractivity contribution in [3.63, 3.8) is 0 Å². The van der Waals surface area contributed by atoms with E-state index >= 15 is 0 Å². The summed E-state index contributed by atoms with van der Waals surface area (Å²) < 4.78 is 5.21. The average Bonchev–Trinajstić information content (AvgIpc) is 3.25. The second-order valence-electron chi connectivity index (χ2n) is 6.74. The van der Waals surface area contributed by atoms with Crippen LogP contribution in [-0.4, -0.2) is 0 Å². The monoisotopic (exact) mass is 400 g/mol. The summed E-state index contributed by atoms with van der Waals surface area (Å²) in [6, 6.07) is 28.3. The van der Waals surface area contributed by atoms with Gasteiger partial charge in [0.25, 0.3) is 0 Å². The zero-order valence-corrected chi connectivity index (χ0v) is 16.6. The topological polar surface area (TPSA) is 0 Å². The maximum absolute atomic E-state index is 6.51. The Hall–Kier alpha value is -2.39. The molecule has 3 heteroatoms. The van der Waals surface area contributed by atoms with E-state index in [0.29, 0.717) is 0 Å². The Morgan fingerprint density at radius 1 is 0.519 bits per heavy atom. The number of fused-ring (bicyclic) bond motifs is 6. The Bertz CT molecular complexity index is 1490. The van der Waals surface area contributed by atoms with Gasteiger partial charge in [-0.25, -0.2) is 0 Å². The predicted octanol–water partition coefficient (Wildman–Crippen LogP) is 8.74. The first-order valence-corrected chi connectivity index (χ1v) is 10.8. The largest absolute Gasteiger partial charge is 0.135 e. The van der Waals surface area contributed by atoms with Crippen LogP contribution in [0.5, 0.6) is 0 Å².